The monoisotopic (exact) mass is 267 g/mol. The Morgan fingerprint density at radius 2 is 1.60 bits per heavy atom. The van der Waals surface area contributed by atoms with Gasteiger partial charge in [0.2, 0.25) is 5.91 Å². The van der Waals surface area contributed by atoms with Gasteiger partial charge in [-0.25, -0.2) is 0 Å². The van der Waals surface area contributed by atoms with Gasteiger partial charge in [0.05, 0.1) is 0 Å². The SMILES string of the molecule is CCC[C@H](CC(=O)Nc1ccccc1)c1ccccc1. The van der Waals surface area contributed by atoms with E-state index in [2.05, 4.69) is 24.4 Å². The van der Waals surface area contributed by atoms with Gasteiger partial charge < -0.3 is 5.32 Å². The molecule has 1 amide bonds. The number of para-hydroxylation sites is 1. The zero-order chi connectivity index (χ0) is 14.2. The minimum absolute atomic E-state index is 0.0819. The van der Waals surface area contributed by atoms with E-state index in [1.54, 1.807) is 0 Å². The van der Waals surface area contributed by atoms with E-state index in [4.69, 9.17) is 0 Å². The van der Waals surface area contributed by atoms with E-state index in [0.29, 0.717) is 12.3 Å². The van der Waals surface area contributed by atoms with Crippen LogP contribution in [-0.4, -0.2) is 5.91 Å². The first kappa shape index (κ1) is 14.3. The van der Waals surface area contributed by atoms with Gasteiger partial charge in [0, 0.05) is 12.1 Å². The molecule has 2 aromatic rings. The molecule has 20 heavy (non-hydrogen) atoms. The van der Waals surface area contributed by atoms with Crippen molar-refractivity contribution < 1.29 is 4.79 Å². The highest BCUT2D eigenvalue weighted by Crippen LogP contribution is 2.25. The van der Waals surface area contributed by atoms with Crippen LogP contribution >= 0.6 is 0 Å². The third-order valence-electron chi connectivity index (χ3n) is 3.40. The average molecular weight is 267 g/mol. The van der Waals surface area contributed by atoms with Crippen LogP contribution in [0, 0.1) is 0 Å². The molecule has 2 heteroatoms. The molecule has 0 aromatic heterocycles. The highest BCUT2D eigenvalue weighted by molar-refractivity contribution is 5.91. The average Bonchev–Trinajstić information content (AvgIpc) is 2.49. The summed E-state index contributed by atoms with van der Waals surface area (Å²) in [5, 5.41) is 2.96. The molecular formula is C18H21NO. The molecule has 0 fully saturated rings. The van der Waals surface area contributed by atoms with Crippen molar-refractivity contribution in [3.8, 4) is 0 Å². The van der Waals surface area contributed by atoms with Gasteiger partial charge in [0.15, 0.2) is 0 Å². The second-order valence-electron chi connectivity index (χ2n) is 5.01. The van der Waals surface area contributed by atoms with Crippen LogP contribution in [-0.2, 0) is 4.79 Å². The maximum absolute atomic E-state index is 12.2. The summed E-state index contributed by atoms with van der Waals surface area (Å²) in [6, 6.07) is 19.9. The van der Waals surface area contributed by atoms with Crippen LogP contribution in [0.1, 0.15) is 37.7 Å². The second kappa shape index (κ2) is 7.49. The number of carbonyl (C=O) groups is 1. The number of benzene rings is 2. The molecule has 0 radical (unpaired) electrons. The fourth-order valence-corrected chi connectivity index (χ4v) is 2.42. The van der Waals surface area contributed by atoms with Crippen LogP contribution in [0.15, 0.2) is 60.7 Å². The first-order valence-corrected chi connectivity index (χ1v) is 7.19. The Bertz CT molecular complexity index is 522. The highest BCUT2D eigenvalue weighted by atomic mass is 16.1. The fourth-order valence-electron chi connectivity index (χ4n) is 2.42. The number of anilines is 1. The van der Waals surface area contributed by atoms with Gasteiger partial charge in [0.1, 0.15) is 0 Å². The van der Waals surface area contributed by atoms with E-state index in [1.807, 2.05) is 48.5 Å². The normalized spacial score (nSPS) is 11.8. The van der Waals surface area contributed by atoms with Crippen molar-refractivity contribution in [1.29, 1.82) is 0 Å². The van der Waals surface area contributed by atoms with Crippen molar-refractivity contribution in [3.63, 3.8) is 0 Å². The van der Waals surface area contributed by atoms with E-state index in [1.165, 1.54) is 5.56 Å². The van der Waals surface area contributed by atoms with E-state index >= 15 is 0 Å². The van der Waals surface area contributed by atoms with Gasteiger partial charge in [-0.15, -0.1) is 0 Å². The van der Waals surface area contributed by atoms with Gasteiger partial charge in [0.25, 0.3) is 0 Å². The van der Waals surface area contributed by atoms with Crippen LogP contribution in [0.4, 0.5) is 5.69 Å². The molecule has 0 aliphatic heterocycles. The molecule has 0 saturated heterocycles. The molecule has 0 aliphatic carbocycles. The lowest BCUT2D eigenvalue weighted by Gasteiger charge is -2.16. The molecule has 2 aromatic carbocycles. The van der Waals surface area contributed by atoms with Crippen LogP contribution in [0.25, 0.3) is 0 Å². The van der Waals surface area contributed by atoms with E-state index in [-0.39, 0.29) is 5.91 Å². The molecule has 1 atom stereocenters. The lowest BCUT2D eigenvalue weighted by atomic mass is 9.91. The zero-order valence-electron chi connectivity index (χ0n) is 11.9. The summed E-state index contributed by atoms with van der Waals surface area (Å²) in [4.78, 5) is 12.2. The third kappa shape index (κ3) is 4.23. The molecular weight excluding hydrogens is 246 g/mol. The third-order valence-corrected chi connectivity index (χ3v) is 3.40. The van der Waals surface area contributed by atoms with Gasteiger partial charge in [-0.1, -0.05) is 61.9 Å². The number of hydrogen-bond donors (Lipinski definition) is 1. The quantitative estimate of drug-likeness (QED) is 0.814. The van der Waals surface area contributed by atoms with Crippen LogP contribution in [0.5, 0.6) is 0 Å². The van der Waals surface area contributed by atoms with Crippen molar-refractivity contribution in [2.45, 2.75) is 32.1 Å². The Balaban J connectivity index is 1.99. The molecule has 0 spiro atoms. The number of amides is 1. The smallest absolute Gasteiger partial charge is 0.224 e. The van der Waals surface area contributed by atoms with E-state index in [9.17, 15) is 4.79 Å². The Labute approximate surface area is 120 Å². The Morgan fingerprint density at radius 3 is 2.20 bits per heavy atom. The Hall–Kier alpha value is -2.09. The predicted molar refractivity (Wildman–Crippen MR) is 83.8 cm³/mol. The maximum atomic E-state index is 12.2. The molecule has 104 valence electrons. The largest absolute Gasteiger partial charge is 0.326 e. The first-order chi connectivity index (χ1) is 9.79. The summed E-state index contributed by atoms with van der Waals surface area (Å²) in [5.41, 5.74) is 2.11. The summed E-state index contributed by atoms with van der Waals surface area (Å²) in [6.45, 7) is 2.16. The summed E-state index contributed by atoms with van der Waals surface area (Å²) in [5.74, 6) is 0.378. The standard InChI is InChI=1S/C18H21NO/c1-2-9-16(15-10-5-3-6-11-15)14-18(20)19-17-12-7-4-8-13-17/h3-8,10-13,16H,2,9,14H2,1H3,(H,19,20)/t16-/m1/s1. The lowest BCUT2D eigenvalue weighted by molar-refractivity contribution is -0.116. The van der Waals surface area contributed by atoms with Gasteiger partial charge in [-0.05, 0) is 30.0 Å². The number of hydrogen-bond acceptors (Lipinski definition) is 1. The summed E-state index contributed by atoms with van der Waals surface area (Å²) in [6.07, 6.45) is 2.65. The lowest BCUT2D eigenvalue weighted by Crippen LogP contribution is -2.15. The fraction of sp³-hybridized carbons (Fsp3) is 0.278. The Morgan fingerprint density at radius 1 is 1.00 bits per heavy atom. The molecule has 0 aliphatic rings. The van der Waals surface area contributed by atoms with Crippen molar-refractivity contribution in [2.24, 2.45) is 0 Å². The molecule has 0 saturated carbocycles. The Kier molecular flexibility index (Phi) is 5.36. The molecule has 2 nitrogen and oxygen atoms in total. The van der Waals surface area contributed by atoms with Crippen molar-refractivity contribution in [1.82, 2.24) is 0 Å². The summed E-state index contributed by atoms with van der Waals surface area (Å²) < 4.78 is 0. The van der Waals surface area contributed by atoms with Gasteiger partial charge in [-0.2, -0.15) is 0 Å². The van der Waals surface area contributed by atoms with Gasteiger partial charge in [-0.3, -0.25) is 4.79 Å². The van der Waals surface area contributed by atoms with Crippen LogP contribution < -0.4 is 5.32 Å². The first-order valence-electron chi connectivity index (χ1n) is 7.19. The van der Waals surface area contributed by atoms with E-state index in [0.717, 1.165) is 18.5 Å². The topological polar surface area (TPSA) is 29.1 Å². The second-order valence-corrected chi connectivity index (χ2v) is 5.01. The molecule has 0 unspecified atom stereocenters. The minimum Gasteiger partial charge on any atom is -0.326 e. The highest BCUT2D eigenvalue weighted by Gasteiger charge is 2.15. The number of rotatable bonds is 6. The van der Waals surface area contributed by atoms with Crippen molar-refractivity contribution >= 4 is 11.6 Å². The van der Waals surface area contributed by atoms with Crippen molar-refractivity contribution in [3.05, 3.63) is 66.2 Å². The van der Waals surface area contributed by atoms with Crippen LogP contribution in [0.3, 0.4) is 0 Å². The molecule has 0 heterocycles. The molecule has 2 rings (SSSR count). The number of nitrogens with one attached hydrogen (secondary N) is 1. The summed E-state index contributed by atoms with van der Waals surface area (Å²) >= 11 is 0. The number of carbonyl (C=O) groups excluding carboxylic acids is 1. The van der Waals surface area contributed by atoms with E-state index < -0.39 is 0 Å². The molecule has 0 bridgehead atoms. The zero-order valence-corrected chi connectivity index (χ0v) is 11.9. The summed E-state index contributed by atoms with van der Waals surface area (Å²) in [7, 11) is 0. The minimum atomic E-state index is 0.0819. The maximum Gasteiger partial charge on any atom is 0.224 e. The van der Waals surface area contributed by atoms with Crippen LogP contribution in [0.2, 0.25) is 0 Å². The molecule has 1 N–H and O–H groups in total. The van der Waals surface area contributed by atoms with Crippen molar-refractivity contribution in [2.75, 3.05) is 5.32 Å². The predicted octanol–water partition coefficient (Wildman–Crippen LogP) is 4.60. The van der Waals surface area contributed by atoms with Gasteiger partial charge >= 0.3 is 0 Å².